The van der Waals surface area contributed by atoms with Crippen LogP contribution < -0.4 is 11.2 Å². The van der Waals surface area contributed by atoms with Gasteiger partial charge in [-0.3, -0.25) is 9.59 Å². The minimum Gasteiger partial charge on any atom is -0.394 e. The maximum atomic E-state index is 13.7. The molecule has 5 rings (SSSR count). The summed E-state index contributed by atoms with van der Waals surface area (Å²) in [5.41, 5.74) is 1.08. The van der Waals surface area contributed by atoms with Gasteiger partial charge in [0, 0.05) is 30.1 Å². The lowest BCUT2D eigenvalue weighted by Gasteiger charge is -2.28. The summed E-state index contributed by atoms with van der Waals surface area (Å²) in [6, 6.07) is 13.2. The van der Waals surface area contributed by atoms with E-state index >= 15 is 0 Å². The third-order valence-electron chi connectivity index (χ3n) is 6.39. The maximum Gasteiger partial charge on any atom is 0.329 e. The van der Waals surface area contributed by atoms with Crippen molar-refractivity contribution >= 4 is 27.7 Å². The van der Waals surface area contributed by atoms with Crippen LogP contribution in [0.15, 0.2) is 64.3 Å². The molecule has 164 valence electrons. The first-order chi connectivity index (χ1) is 15.6. The van der Waals surface area contributed by atoms with E-state index in [2.05, 4.69) is 9.97 Å². The molecule has 4 aromatic rings. The third kappa shape index (κ3) is 3.33. The van der Waals surface area contributed by atoms with Crippen LogP contribution in [0.1, 0.15) is 24.4 Å². The summed E-state index contributed by atoms with van der Waals surface area (Å²) in [5, 5.41) is 11.0. The Morgan fingerprint density at radius 1 is 1.06 bits per heavy atom. The Kier molecular flexibility index (Phi) is 5.14. The lowest BCUT2D eigenvalue weighted by Crippen LogP contribution is -2.48. The van der Waals surface area contributed by atoms with Crippen LogP contribution in [0.5, 0.6) is 0 Å². The molecule has 2 aromatic heterocycles. The minimum atomic E-state index is -1.03. The van der Waals surface area contributed by atoms with Gasteiger partial charge in [0.05, 0.1) is 23.6 Å². The van der Waals surface area contributed by atoms with Crippen LogP contribution in [-0.2, 0) is 11.2 Å². The van der Waals surface area contributed by atoms with Crippen molar-refractivity contribution in [2.75, 3.05) is 13.2 Å². The fourth-order valence-electron chi connectivity index (χ4n) is 4.76. The van der Waals surface area contributed by atoms with E-state index in [-0.39, 0.29) is 25.0 Å². The van der Waals surface area contributed by atoms with Crippen molar-refractivity contribution in [2.24, 2.45) is 0 Å². The number of nitrogens with one attached hydrogen (secondary N) is 2. The average Bonchev–Trinajstić information content (AvgIpc) is 3.45. The first kappa shape index (κ1) is 20.3. The number of benzene rings is 2. The first-order valence-electron chi connectivity index (χ1n) is 10.8. The molecular weight excluding hydrogens is 408 g/mol. The highest BCUT2D eigenvalue weighted by Crippen LogP contribution is 2.26. The topological polar surface area (TPSA) is 111 Å². The summed E-state index contributed by atoms with van der Waals surface area (Å²) < 4.78 is 1.04. The van der Waals surface area contributed by atoms with Crippen LogP contribution in [-0.4, -0.2) is 49.6 Å². The molecule has 1 fully saturated rings. The van der Waals surface area contributed by atoms with E-state index in [4.69, 9.17) is 0 Å². The molecule has 8 heteroatoms. The van der Waals surface area contributed by atoms with E-state index in [1.54, 1.807) is 29.2 Å². The number of aliphatic hydroxyl groups is 1. The number of carbonyl (C=O) groups is 1. The Labute approximate surface area is 183 Å². The molecule has 2 atom stereocenters. The highest BCUT2D eigenvalue weighted by Gasteiger charge is 2.35. The van der Waals surface area contributed by atoms with Crippen LogP contribution in [0.4, 0.5) is 0 Å². The number of carbonyl (C=O) groups excluding carboxylic acids is 1. The number of hydrogen-bond acceptors (Lipinski definition) is 4. The van der Waals surface area contributed by atoms with Gasteiger partial charge >= 0.3 is 5.69 Å². The lowest BCUT2D eigenvalue weighted by molar-refractivity contribution is -0.136. The summed E-state index contributed by atoms with van der Waals surface area (Å²) in [6.07, 6.45) is 3.47. The Morgan fingerprint density at radius 2 is 1.78 bits per heavy atom. The van der Waals surface area contributed by atoms with Crippen molar-refractivity contribution in [2.45, 2.75) is 31.3 Å². The maximum absolute atomic E-state index is 13.7. The first-order valence-corrected chi connectivity index (χ1v) is 10.8. The zero-order valence-corrected chi connectivity index (χ0v) is 17.5. The van der Waals surface area contributed by atoms with Crippen molar-refractivity contribution in [3.05, 3.63) is 81.1 Å². The number of hydrogen-bond donors (Lipinski definition) is 3. The van der Waals surface area contributed by atoms with Crippen molar-refractivity contribution in [1.29, 1.82) is 0 Å². The van der Waals surface area contributed by atoms with Gasteiger partial charge in [0.1, 0.15) is 6.04 Å². The smallest absolute Gasteiger partial charge is 0.329 e. The van der Waals surface area contributed by atoms with Gasteiger partial charge in [-0.1, -0.05) is 30.3 Å². The number of rotatable bonds is 5. The molecule has 3 heterocycles. The van der Waals surface area contributed by atoms with Gasteiger partial charge in [-0.05, 0) is 36.6 Å². The number of aromatic amines is 2. The molecule has 0 aliphatic carbocycles. The number of H-pyrrole nitrogens is 2. The molecule has 8 nitrogen and oxygen atoms in total. The number of likely N-dealkylation sites (tertiary alicyclic amines) is 1. The molecule has 32 heavy (non-hydrogen) atoms. The van der Waals surface area contributed by atoms with Gasteiger partial charge in [-0.15, -0.1) is 0 Å². The van der Waals surface area contributed by atoms with Crippen molar-refractivity contribution < 1.29 is 9.90 Å². The Bertz CT molecular complexity index is 1420. The van der Waals surface area contributed by atoms with E-state index in [1.807, 2.05) is 30.5 Å². The minimum absolute atomic E-state index is 0.144. The van der Waals surface area contributed by atoms with E-state index in [0.717, 1.165) is 27.5 Å². The van der Waals surface area contributed by atoms with Crippen molar-refractivity contribution in [1.82, 2.24) is 19.4 Å². The fourth-order valence-corrected chi connectivity index (χ4v) is 4.76. The predicted molar refractivity (Wildman–Crippen MR) is 122 cm³/mol. The number of aromatic nitrogens is 3. The van der Waals surface area contributed by atoms with E-state index < -0.39 is 17.3 Å². The van der Waals surface area contributed by atoms with Crippen LogP contribution in [0, 0.1) is 0 Å². The van der Waals surface area contributed by atoms with E-state index in [1.165, 1.54) is 0 Å². The molecule has 3 N–H and O–H groups in total. The Hall–Kier alpha value is -3.65. The fraction of sp³-hybridized carbons (Fsp3) is 0.292. The van der Waals surface area contributed by atoms with Gasteiger partial charge < -0.3 is 20.0 Å². The Balaban J connectivity index is 1.66. The molecule has 0 unspecified atom stereocenters. The highest BCUT2D eigenvalue weighted by atomic mass is 16.3. The van der Waals surface area contributed by atoms with Crippen LogP contribution in [0.25, 0.3) is 21.8 Å². The molecule has 1 aliphatic rings. The predicted octanol–water partition coefficient (Wildman–Crippen LogP) is 1.94. The number of para-hydroxylation sites is 2. The SMILES string of the molecule is O=C([C@H](Cc1c[nH]c2ccccc12)n1c(=O)[nH]c2ccccc2c1=O)N1CCC[C@@H]1CO. The Morgan fingerprint density at radius 3 is 2.56 bits per heavy atom. The summed E-state index contributed by atoms with van der Waals surface area (Å²) >= 11 is 0. The molecule has 0 saturated carbocycles. The number of aliphatic hydroxyl groups excluding tert-OH is 1. The second kappa shape index (κ2) is 8.12. The van der Waals surface area contributed by atoms with Gasteiger partial charge in [-0.25, -0.2) is 9.36 Å². The molecule has 0 bridgehead atoms. The summed E-state index contributed by atoms with van der Waals surface area (Å²) in [6.45, 7) is 0.350. The van der Waals surface area contributed by atoms with Crippen LogP contribution >= 0.6 is 0 Å². The summed E-state index contributed by atoms with van der Waals surface area (Å²) in [5.74, 6) is -0.324. The molecular formula is C24H24N4O4. The standard InChI is InChI=1S/C24H24N4O4/c29-14-16-6-5-11-27(16)23(31)21(12-15-13-25-19-9-3-1-7-17(15)19)28-22(30)18-8-2-4-10-20(18)26-24(28)32/h1-4,7-10,13,16,21,25,29H,5-6,11-12,14H2,(H,26,32)/t16-,21+/m1/s1. The zero-order chi connectivity index (χ0) is 22.2. The quantitative estimate of drug-likeness (QED) is 0.447. The molecule has 0 spiro atoms. The van der Waals surface area contributed by atoms with Gasteiger partial charge in [0.15, 0.2) is 0 Å². The lowest BCUT2D eigenvalue weighted by atomic mass is 10.0. The number of amides is 1. The zero-order valence-electron chi connectivity index (χ0n) is 17.5. The molecule has 2 aromatic carbocycles. The normalized spacial score (nSPS) is 17.3. The second-order valence-corrected chi connectivity index (χ2v) is 8.24. The molecule has 0 radical (unpaired) electrons. The molecule has 1 saturated heterocycles. The average molecular weight is 432 g/mol. The molecule has 1 amide bonds. The van der Waals surface area contributed by atoms with Crippen LogP contribution in [0.3, 0.4) is 0 Å². The van der Waals surface area contributed by atoms with Crippen LogP contribution in [0.2, 0.25) is 0 Å². The summed E-state index contributed by atoms with van der Waals surface area (Å²) in [7, 11) is 0. The largest absolute Gasteiger partial charge is 0.394 e. The van der Waals surface area contributed by atoms with Gasteiger partial charge in [0.2, 0.25) is 5.91 Å². The summed E-state index contributed by atoms with van der Waals surface area (Å²) in [4.78, 5) is 47.7. The van der Waals surface area contributed by atoms with E-state index in [9.17, 15) is 19.5 Å². The third-order valence-corrected chi connectivity index (χ3v) is 6.39. The van der Waals surface area contributed by atoms with Crippen molar-refractivity contribution in [3.8, 4) is 0 Å². The van der Waals surface area contributed by atoms with Gasteiger partial charge in [-0.2, -0.15) is 0 Å². The second-order valence-electron chi connectivity index (χ2n) is 8.24. The van der Waals surface area contributed by atoms with Crippen molar-refractivity contribution in [3.63, 3.8) is 0 Å². The van der Waals surface area contributed by atoms with E-state index in [0.29, 0.717) is 23.9 Å². The number of nitrogens with zero attached hydrogens (tertiary/aromatic N) is 2. The highest BCUT2D eigenvalue weighted by molar-refractivity contribution is 5.86. The number of fused-ring (bicyclic) bond motifs is 2. The monoisotopic (exact) mass is 432 g/mol. The molecule has 1 aliphatic heterocycles. The van der Waals surface area contributed by atoms with Gasteiger partial charge in [0.25, 0.3) is 5.56 Å².